The Labute approximate surface area is 150 Å². The molecule has 0 aliphatic rings. The maximum atomic E-state index is 12.2. The summed E-state index contributed by atoms with van der Waals surface area (Å²) in [6.07, 6.45) is 2.72. The zero-order valence-corrected chi connectivity index (χ0v) is 15.0. The van der Waals surface area contributed by atoms with Crippen molar-refractivity contribution in [1.29, 1.82) is 0 Å². The molecule has 4 heteroatoms. The van der Waals surface area contributed by atoms with Crippen LogP contribution >= 0.6 is 0 Å². The van der Waals surface area contributed by atoms with E-state index in [1.807, 2.05) is 55.6 Å². The van der Waals surface area contributed by atoms with Crippen molar-refractivity contribution in [3.8, 4) is 5.75 Å². The van der Waals surface area contributed by atoms with Crippen LogP contribution in [0.1, 0.15) is 18.1 Å². The van der Waals surface area contributed by atoms with Crippen molar-refractivity contribution in [3.05, 3.63) is 72.3 Å². The summed E-state index contributed by atoms with van der Waals surface area (Å²) in [5.41, 5.74) is 3.28. The minimum Gasteiger partial charge on any atom is -0.490 e. The zero-order valence-electron chi connectivity index (χ0n) is 15.0. The maximum absolute atomic E-state index is 12.2. The fourth-order valence-electron chi connectivity index (χ4n) is 2.57. The molecule has 0 aliphatic carbocycles. The number of aryl methyl sites for hydroxylation is 1. The largest absolute Gasteiger partial charge is 0.490 e. The van der Waals surface area contributed by atoms with Gasteiger partial charge >= 0.3 is 0 Å². The van der Waals surface area contributed by atoms with E-state index in [4.69, 9.17) is 4.74 Å². The van der Waals surface area contributed by atoms with Crippen LogP contribution in [0.3, 0.4) is 0 Å². The highest BCUT2D eigenvalue weighted by atomic mass is 16.5. The van der Waals surface area contributed by atoms with Gasteiger partial charge in [-0.3, -0.25) is 4.79 Å². The van der Waals surface area contributed by atoms with Crippen LogP contribution in [-0.4, -0.2) is 26.1 Å². The van der Waals surface area contributed by atoms with Gasteiger partial charge in [-0.15, -0.1) is 0 Å². The Morgan fingerprint density at radius 1 is 1.12 bits per heavy atom. The van der Waals surface area contributed by atoms with E-state index in [0.29, 0.717) is 13.2 Å². The van der Waals surface area contributed by atoms with E-state index < -0.39 is 0 Å². The number of rotatable bonds is 9. The van der Waals surface area contributed by atoms with Gasteiger partial charge in [0.05, 0.1) is 7.05 Å². The van der Waals surface area contributed by atoms with Crippen LogP contribution in [0.5, 0.6) is 5.75 Å². The number of carbonyl (C=O) groups is 1. The van der Waals surface area contributed by atoms with Gasteiger partial charge in [0, 0.05) is 11.3 Å². The van der Waals surface area contributed by atoms with Gasteiger partial charge in [-0.1, -0.05) is 31.7 Å². The molecule has 0 aliphatic heterocycles. The highest BCUT2D eigenvalue weighted by Gasteiger charge is 2.11. The molecule has 1 amide bonds. The fraction of sp³-hybridized carbons (Fsp3) is 0.286. The fourth-order valence-corrected chi connectivity index (χ4v) is 2.57. The van der Waals surface area contributed by atoms with E-state index in [1.165, 1.54) is 11.1 Å². The normalized spacial score (nSPS) is 11.6. The molecule has 0 bridgehead atoms. The topological polar surface area (TPSA) is 42.8 Å². The zero-order chi connectivity index (χ0) is 18.1. The molecule has 0 aromatic heterocycles. The van der Waals surface area contributed by atoms with E-state index in [-0.39, 0.29) is 5.91 Å². The monoisotopic (exact) mass is 339 g/mol. The third-order valence-corrected chi connectivity index (χ3v) is 3.91. The molecule has 0 saturated heterocycles. The van der Waals surface area contributed by atoms with Crippen molar-refractivity contribution >= 4 is 11.6 Å². The van der Waals surface area contributed by atoms with Gasteiger partial charge in [0.25, 0.3) is 5.91 Å². The number of carbonyl (C=O) groups excluding carboxylic acids is 1. The molecule has 4 nitrogen and oxygen atoms in total. The van der Waals surface area contributed by atoms with Gasteiger partial charge < -0.3 is 15.0 Å². The van der Waals surface area contributed by atoms with E-state index in [0.717, 1.165) is 29.3 Å². The van der Waals surface area contributed by atoms with Crippen molar-refractivity contribution in [2.24, 2.45) is 0 Å². The molecule has 0 radical (unpaired) electrons. The minimum atomic E-state index is 0.0210. The number of hydrogen-bond acceptors (Lipinski definition) is 2. The van der Waals surface area contributed by atoms with E-state index in [9.17, 15) is 4.79 Å². The summed E-state index contributed by atoms with van der Waals surface area (Å²) in [7, 11) is 2.02. The number of amides is 1. The van der Waals surface area contributed by atoms with Gasteiger partial charge in [0.1, 0.15) is 18.9 Å². The van der Waals surface area contributed by atoms with Gasteiger partial charge in [-0.05, 0) is 48.4 Å². The number of quaternary nitrogens is 1. The Hall–Kier alpha value is -2.59. The third-order valence-electron chi connectivity index (χ3n) is 3.91. The third kappa shape index (κ3) is 6.43. The molecule has 0 fully saturated rings. The second-order valence-corrected chi connectivity index (χ2v) is 6.15. The number of hydrogen-bond donors (Lipinski definition) is 2. The Morgan fingerprint density at radius 2 is 1.76 bits per heavy atom. The molecular weight excluding hydrogens is 312 g/mol. The van der Waals surface area contributed by atoms with Crippen LogP contribution < -0.4 is 15.0 Å². The first-order valence-electron chi connectivity index (χ1n) is 8.63. The van der Waals surface area contributed by atoms with Crippen LogP contribution in [0.4, 0.5) is 5.69 Å². The van der Waals surface area contributed by atoms with Gasteiger partial charge in [-0.2, -0.15) is 0 Å². The molecule has 25 heavy (non-hydrogen) atoms. The van der Waals surface area contributed by atoms with E-state index >= 15 is 0 Å². The Balaban J connectivity index is 1.81. The summed E-state index contributed by atoms with van der Waals surface area (Å²) in [5.74, 6) is 0.849. The number of nitrogens with one attached hydrogen (secondary N) is 2. The van der Waals surface area contributed by atoms with Gasteiger partial charge in [-0.25, -0.2) is 0 Å². The SMILES string of the molecule is C=CCOc1ccc(C[NH+](C)CC(=O)Nc2ccc(CC)cc2)cc1. The molecule has 2 aromatic carbocycles. The summed E-state index contributed by atoms with van der Waals surface area (Å²) < 4.78 is 5.47. The molecular formula is C21H27N2O2+. The van der Waals surface area contributed by atoms with Crippen molar-refractivity contribution in [3.63, 3.8) is 0 Å². The lowest BCUT2D eigenvalue weighted by Crippen LogP contribution is -3.08. The standard InChI is InChI=1S/C21H26N2O2/c1-4-14-25-20-12-8-18(9-13-20)15-23(3)16-21(24)22-19-10-6-17(5-2)7-11-19/h4,6-13H,1,5,14-16H2,2-3H3,(H,22,24)/p+1. The van der Waals surface area contributed by atoms with E-state index in [1.54, 1.807) is 6.08 Å². The van der Waals surface area contributed by atoms with Crippen molar-refractivity contribution < 1.29 is 14.4 Å². The van der Waals surface area contributed by atoms with Crippen molar-refractivity contribution in [2.75, 3.05) is 25.5 Å². The number of ether oxygens (including phenoxy) is 1. The van der Waals surface area contributed by atoms with Crippen LogP contribution in [0, 0.1) is 0 Å². The first-order valence-corrected chi connectivity index (χ1v) is 8.63. The first kappa shape index (κ1) is 18.7. The maximum Gasteiger partial charge on any atom is 0.279 e. The van der Waals surface area contributed by atoms with Gasteiger partial charge in [0.15, 0.2) is 6.54 Å². The summed E-state index contributed by atoms with van der Waals surface area (Å²) in [4.78, 5) is 13.3. The van der Waals surface area contributed by atoms with Crippen LogP contribution in [0.2, 0.25) is 0 Å². The second-order valence-electron chi connectivity index (χ2n) is 6.15. The molecule has 0 saturated carbocycles. The lowest BCUT2D eigenvalue weighted by Gasteiger charge is -2.14. The molecule has 0 spiro atoms. The molecule has 2 rings (SSSR count). The molecule has 1 unspecified atom stereocenters. The first-order chi connectivity index (χ1) is 12.1. The molecule has 2 aromatic rings. The molecule has 132 valence electrons. The highest BCUT2D eigenvalue weighted by molar-refractivity contribution is 5.91. The summed E-state index contributed by atoms with van der Waals surface area (Å²) in [5, 5.41) is 2.95. The van der Waals surface area contributed by atoms with Crippen LogP contribution in [0.15, 0.2) is 61.2 Å². The predicted molar refractivity (Wildman–Crippen MR) is 102 cm³/mol. The average Bonchev–Trinajstić information content (AvgIpc) is 2.61. The Morgan fingerprint density at radius 3 is 2.36 bits per heavy atom. The van der Waals surface area contributed by atoms with Gasteiger partial charge in [0.2, 0.25) is 0 Å². The lowest BCUT2D eigenvalue weighted by molar-refractivity contribution is -0.885. The number of benzene rings is 2. The van der Waals surface area contributed by atoms with Crippen LogP contribution in [-0.2, 0) is 17.8 Å². The highest BCUT2D eigenvalue weighted by Crippen LogP contribution is 2.11. The quantitative estimate of drug-likeness (QED) is 0.689. The summed E-state index contributed by atoms with van der Waals surface area (Å²) in [6, 6.07) is 15.9. The predicted octanol–water partition coefficient (Wildman–Crippen LogP) is 2.47. The van der Waals surface area contributed by atoms with Crippen molar-refractivity contribution in [1.82, 2.24) is 0 Å². The summed E-state index contributed by atoms with van der Waals surface area (Å²) in [6.45, 7) is 7.45. The molecule has 2 N–H and O–H groups in total. The molecule has 0 heterocycles. The number of anilines is 1. The average molecular weight is 339 g/mol. The molecule has 1 atom stereocenters. The lowest BCUT2D eigenvalue weighted by atomic mass is 10.1. The minimum absolute atomic E-state index is 0.0210. The Kier molecular flexibility index (Phi) is 7.23. The number of likely N-dealkylation sites (N-methyl/N-ethyl adjacent to an activating group) is 1. The van der Waals surface area contributed by atoms with E-state index in [2.05, 4.69) is 18.8 Å². The second kappa shape index (κ2) is 9.64. The Bertz CT molecular complexity index is 678. The smallest absolute Gasteiger partial charge is 0.279 e. The van der Waals surface area contributed by atoms with Crippen LogP contribution in [0.25, 0.3) is 0 Å². The summed E-state index contributed by atoms with van der Waals surface area (Å²) >= 11 is 0. The van der Waals surface area contributed by atoms with Crippen molar-refractivity contribution in [2.45, 2.75) is 19.9 Å².